The number of hydrogen-bond donors (Lipinski definition) is 3. The average molecular weight is 635 g/mol. The lowest BCUT2D eigenvalue weighted by molar-refractivity contribution is 0.191. The van der Waals surface area contributed by atoms with Gasteiger partial charge >= 0.3 is 0 Å². The van der Waals surface area contributed by atoms with Crippen molar-refractivity contribution >= 4 is 32.4 Å². The van der Waals surface area contributed by atoms with Gasteiger partial charge in [-0.1, -0.05) is 0 Å². The van der Waals surface area contributed by atoms with Crippen molar-refractivity contribution in [1.29, 1.82) is 0 Å². The molecular weight excluding hydrogens is 600 g/mol. The quantitative estimate of drug-likeness (QED) is 0.147. The van der Waals surface area contributed by atoms with E-state index in [1.807, 2.05) is 18.6 Å². The summed E-state index contributed by atoms with van der Waals surface area (Å²) in [6.45, 7) is 5.22. The van der Waals surface area contributed by atoms with Crippen molar-refractivity contribution in [2.45, 2.75) is 62.4 Å². The molecule has 1 aliphatic rings. The SMILES string of the molecule is COCCN[C@H]1CC[C@H](c2cnc(N)c3c(-c4cc(F)c(NS(=O)(=O)c5cc(F)ccc5F)cc4F)nn(C(C)C)c32)CC1. The number of nitrogen functional groups attached to an aromatic ring is 1. The van der Waals surface area contributed by atoms with E-state index in [0.29, 0.717) is 41.8 Å². The average Bonchev–Trinajstić information content (AvgIpc) is 3.38. The van der Waals surface area contributed by atoms with E-state index in [1.54, 1.807) is 18.0 Å². The van der Waals surface area contributed by atoms with Crippen LogP contribution in [-0.2, 0) is 14.8 Å². The highest BCUT2D eigenvalue weighted by Crippen LogP contribution is 2.42. The first-order valence-corrected chi connectivity index (χ1v) is 15.8. The van der Waals surface area contributed by atoms with Gasteiger partial charge in [0.15, 0.2) is 0 Å². The third-order valence-corrected chi connectivity index (χ3v) is 9.30. The number of pyridine rings is 1. The lowest BCUT2D eigenvalue weighted by Crippen LogP contribution is -2.34. The molecule has 14 heteroatoms. The number of methoxy groups -OCH3 is 1. The molecule has 2 heterocycles. The van der Waals surface area contributed by atoms with Gasteiger partial charge in [-0.3, -0.25) is 9.40 Å². The van der Waals surface area contributed by atoms with Crippen molar-refractivity contribution in [3.05, 3.63) is 65.4 Å². The molecule has 0 saturated heterocycles. The van der Waals surface area contributed by atoms with E-state index in [0.717, 1.165) is 49.9 Å². The van der Waals surface area contributed by atoms with E-state index in [4.69, 9.17) is 10.5 Å². The van der Waals surface area contributed by atoms with Gasteiger partial charge in [0.25, 0.3) is 10.0 Å². The molecule has 9 nitrogen and oxygen atoms in total. The number of aromatic nitrogens is 3. The minimum absolute atomic E-state index is 0.0532. The predicted octanol–water partition coefficient (Wildman–Crippen LogP) is 5.88. The second kappa shape index (κ2) is 12.7. The van der Waals surface area contributed by atoms with Gasteiger partial charge in [-0.15, -0.1) is 0 Å². The number of anilines is 2. The molecular formula is C30H34F4N6O3S. The number of hydrogen-bond acceptors (Lipinski definition) is 7. The number of nitrogens with one attached hydrogen (secondary N) is 2. The van der Waals surface area contributed by atoms with E-state index in [1.165, 1.54) is 0 Å². The van der Waals surface area contributed by atoms with Crippen LogP contribution in [0.15, 0.2) is 41.4 Å². The monoisotopic (exact) mass is 634 g/mol. The van der Waals surface area contributed by atoms with Crippen molar-refractivity contribution in [2.24, 2.45) is 0 Å². The standard InChI is InChI=1S/C30H34F4N6O3S/c1-16(2)40-29-21(17-4-7-19(8-5-17)36-10-11-43-3)15-37-30(35)27(29)28(38-40)20-13-24(34)25(14-23(20)33)39-44(41,42)26-12-18(31)6-9-22(26)32/h6,9,12-17,19,36,39H,4-5,7-8,10-11H2,1-3H3,(H2,35,37)/t17-,19-. The van der Waals surface area contributed by atoms with Crippen LogP contribution in [0.4, 0.5) is 29.1 Å². The second-order valence-corrected chi connectivity index (χ2v) is 12.8. The van der Waals surface area contributed by atoms with Gasteiger partial charge in [0.05, 0.1) is 23.2 Å². The summed E-state index contributed by atoms with van der Waals surface area (Å²) in [6.07, 6.45) is 5.38. The summed E-state index contributed by atoms with van der Waals surface area (Å²) in [6, 6.07) is 3.44. The maximum absolute atomic E-state index is 15.7. The summed E-state index contributed by atoms with van der Waals surface area (Å²) < 4.78 is 92.9. The fourth-order valence-corrected chi connectivity index (χ4v) is 6.89. The fourth-order valence-electron chi connectivity index (χ4n) is 5.74. The molecule has 4 aromatic rings. The molecule has 1 fully saturated rings. The Kier molecular flexibility index (Phi) is 9.14. The Morgan fingerprint density at radius 2 is 1.77 bits per heavy atom. The Morgan fingerprint density at radius 3 is 2.45 bits per heavy atom. The maximum atomic E-state index is 15.7. The molecule has 236 valence electrons. The molecule has 2 aromatic heterocycles. The molecule has 0 bridgehead atoms. The molecule has 0 amide bonds. The van der Waals surface area contributed by atoms with Gasteiger partial charge < -0.3 is 15.8 Å². The maximum Gasteiger partial charge on any atom is 0.265 e. The Bertz CT molecular complexity index is 1790. The van der Waals surface area contributed by atoms with Gasteiger partial charge in [0.1, 0.15) is 39.7 Å². The summed E-state index contributed by atoms with van der Waals surface area (Å²) in [5, 5.41) is 8.52. The first-order chi connectivity index (χ1) is 20.9. The second-order valence-electron chi connectivity index (χ2n) is 11.2. The van der Waals surface area contributed by atoms with Crippen LogP contribution in [0.3, 0.4) is 0 Å². The molecule has 0 radical (unpaired) electrons. The highest BCUT2D eigenvalue weighted by atomic mass is 32.2. The largest absolute Gasteiger partial charge is 0.383 e. The Hall–Kier alpha value is -3.75. The zero-order valence-electron chi connectivity index (χ0n) is 24.5. The number of nitrogens with two attached hydrogens (primary N) is 1. The molecule has 44 heavy (non-hydrogen) atoms. The normalized spacial score (nSPS) is 17.5. The van der Waals surface area contributed by atoms with E-state index < -0.39 is 43.9 Å². The van der Waals surface area contributed by atoms with Crippen LogP contribution in [0.1, 0.15) is 57.1 Å². The smallest absolute Gasteiger partial charge is 0.265 e. The lowest BCUT2D eigenvalue weighted by Gasteiger charge is -2.30. The summed E-state index contributed by atoms with van der Waals surface area (Å²) >= 11 is 0. The number of nitrogens with zero attached hydrogens (tertiary/aromatic N) is 3. The van der Waals surface area contributed by atoms with Gasteiger partial charge in [0.2, 0.25) is 0 Å². The molecule has 0 unspecified atom stereocenters. The molecule has 1 aliphatic carbocycles. The zero-order chi connectivity index (χ0) is 31.8. The molecule has 0 atom stereocenters. The van der Waals surface area contributed by atoms with Crippen LogP contribution in [0.5, 0.6) is 0 Å². The number of sulfonamides is 1. The Morgan fingerprint density at radius 1 is 1.05 bits per heavy atom. The van der Waals surface area contributed by atoms with Gasteiger partial charge in [-0.05, 0) is 75.3 Å². The van der Waals surface area contributed by atoms with E-state index in [2.05, 4.69) is 15.4 Å². The molecule has 0 aliphatic heterocycles. The molecule has 5 rings (SSSR count). The van der Waals surface area contributed by atoms with Crippen molar-refractivity contribution in [1.82, 2.24) is 20.1 Å². The zero-order valence-corrected chi connectivity index (χ0v) is 25.3. The van der Waals surface area contributed by atoms with E-state index in [9.17, 15) is 17.2 Å². The third-order valence-electron chi connectivity index (χ3n) is 7.92. The highest BCUT2D eigenvalue weighted by Gasteiger charge is 2.30. The van der Waals surface area contributed by atoms with Crippen molar-refractivity contribution in [3.8, 4) is 11.3 Å². The summed E-state index contributed by atoms with van der Waals surface area (Å²) in [7, 11) is -3.13. The minimum Gasteiger partial charge on any atom is -0.383 e. The van der Waals surface area contributed by atoms with Crippen molar-refractivity contribution in [3.63, 3.8) is 0 Å². The van der Waals surface area contributed by atoms with Gasteiger partial charge in [0, 0.05) is 43.6 Å². The number of fused-ring (bicyclic) bond motifs is 1. The van der Waals surface area contributed by atoms with Crippen molar-refractivity contribution in [2.75, 3.05) is 30.7 Å². The van der Waals surface area contributed by atoms with Crippen LogP contribution in [0.2, 0.25) is 0 Å². The number of halogens is 4. The number of ether oxygens (including phenoxy) is 1. The Balaban J connectivity index is 1.52. The summed E-state index contributed by atoms with van der Waals surface area (Å²) in [5.74, 6) is -4.19. The third kappa shape index (κ3) is 6.24. The van der Waals surface area contributed by atoms with E-state index in [-0.39, 0.29) is 29.0 Å². The van der Waals surface area contributed by atoms with Crippen molar-refractivity contribution < 1.29 is 30.7 Å². The van der Waals surface area contributed by atoms with Crippen LogP contribution in [0, 0.1) is 23.3 Å². The lowest BCUT2D eigenvalue weighted by atomic mass is 9.81. The summed E-state index contributed by atoms with van der Waals surface area (Å²) in [4.78, 5) is 3.36. The topological polar surface area (TPSA) is 124 Å². The van der Waals surface area contributed by atoms with Crippen LogP contribution in [-0.4, -0.2) is 49.5 Å². The first-order valence-electron chi connectivity index (χ1n) is 14.3. The predicted molar refractivity (Wildman–Crippen MR) is 160 cm³/mol. The minimum atomic E-state index is -4.79. The van der Waals surface area contributed by atoms with Crippen LogP contribution in [0.25, 0.3) is 22.2 Å². The van der Waals surface area contributed by atoms with Crippen LogP contribution >= 0.6 is 0 Å². The first kappa shape index (κ1) is 31.7. The number of benzene rings is 2. The fraction of sp³-hybridized carbons (Fsp3) is 0.400. The number of rotatable bonds is 10. The molecule has 2 aromatic carbocycles. The molecule has 4 N–H and O–H groups in total. The van der Waals surface area contributed by atoms with Gasteiger partial charge in [-0.2, -0.15) is 5.10 Å². The Labute approximate surface area is 252 Å². The molecule has 1 saturated carbocycles. The highest BCUT2D eigenvalue weighted by molar-refractivity contribution is 7.92. The molecule has 0 spiro atoms. The van der Waals surface area contributed by atoms with Crippen LogP contribution < -0.4 is 15.8 Å². The van der Waals surface area contributed by atoms with Gasteiger partial charge in [-0.25, -0.2) is 31.0 Å². The van der Waals surface area contributed by atoms with E-state index >= 15 is 8.78 Å². The summed E-state index contributed by atoms with van der Waals surface area (Å²) in [5.41, 5.74) is 6.93.